The van der Waals surface area contributed by atoms with Gasteiger partial charge in [-0.25, -0.2) is 4.68 Å². The van der Waals surface area contributed by atoms with Crippen molar-refractivity contribution in [2.45, 2.75) is 19.9 Å². The number of anilines is 2. The third-order valence-corrected chi connectivity index (χ3v) is 6.31. The van der Waals surface area contributed by atoms with Crippen molar-refractivity contribution in [3.05, 3.63) is 89.4 Å². The number of nitrogens with zero attached hydrogens (tertiary/aromatic N) is 4. The molecule has 0 radical (unpaired) electrons. The molecule has 9 nitrogen and oxygen atoms in total. The second-order valence-electron chi connectivity index (χ2n) is 8.68. The molecule has 0 saturated carbocycles. The van der Waals surface area contributed by atoms with Gasteiger partial charge >= 0.3 is 0 Å². The summed E-state index contributed by atoms with van der Waals surface area (Å²) in [5, 5.41) is 11.2. The zero-order valence-corrected chi connectivity index (χ0v) is 19.9. The minimum absolute atomic E-state index is 0.221. The Morgan fingerprint density at radius 1 is 1.03 bits per heavy atom. The van der Waals surface area contributed by atoms with Gasteiger partial charge in [-0.2, -0.15) is 4.98 Å². The van der Waals surface area contributed by atoms with Gasteiger partial charge in [0, 0.05) is 29.3 Å². The van der Waals surface area contributed by atoms with Crippen LogP contribution in [0.25, 0.3) is 11.4 Å². The first-order valence-electron chi connectivity index (χ1n) is 11.7. The van der Waals surface area contributed by atoms with Gasteiger partial charge in [-0.15, -0.1) is 5.10 Å². The van der Waals surface area contributed by atoms with Crippen LogP contribution >= 0.6 is 0 Å². The van der Waals surface area contributed by atoms with Gasteiger partial charge in [-0.05, 0) is 55.3 Å². The van der Waals surface area contributed by atoms with Crippen LogP contribution in [0.3, 0.4) is 0 Å². The van der Waals surface area contributed by atoms with Crippen LogP contribution in [0, 0.1) is 6.92 Å². The summed E-state index contributed by atoms with van der Waals surface area (Å²) in [7, 11) is 0. The molecule has 2 N–H and O–H groups in total. The Bertz CT molecular complexity index is 1490. The van der Waals surface area contributed by atoms with Gasteiger partial charge in [0.2, 0.25) is 5.95 Å². The summed E-state index contributed by atoms with van der Waals surface area (Å²) in [5.41, 5.74) is 4.63. The lowest BCUT2D eigenvalue weighted by atomic mass is 9.94. The van der Waals surface area contributed by atoms with Gasteiger partial charge in [-0.1, -0.05) is 24.3 Å². The number of allylic oxidation sites excluding steroid dienone is 1. The quantitative estimate of drug-likeness (QED) is 0.448. The fourth-order valence-electron chi connectivity index (χ4n) is 4.51. The number of ether oxygens (including phenoxy) is 2. The number of benzene rings is 2. The molecular weight excluding hydrogens is 456 g/mol. The number of carbonyl (C=O) groups is 1. The van der Waals surface area contributed by atoms with E-state index in [2.05, 4.69) is 15.6 Å². The van der Waals surface area contributed by atoms with E-state index in [9.17, 15) is 4.79 Å². The van der Waals surface area contributed by atoms with Crippen molar-refractivity contribution < 1.29 is 14.3 Å². The lowest BCUT2D eigenvalue weighted by Gasteiger charge is -2.29. The van der Waals surface area contributed by atoms with Gasteiger partial charge in [-0.3, -0.25) is 9.78 Å². The summed E-state index contributed by atoms with van der Waals surface area (Å²) < 4.78 is 13.3. The maximum absolute atomic E-state index is 13.8. The molecule has 0 spiro atoms. The highest BCUT2D eigenvalue weighted by Gasteiger charge is 2.35. The zero-order valence-electron chi connectivity index (χ0n) is 19.9. The number of aryl methyl sites for hydroxylation is 1. The molecule has 0 aliphatic carbocycles. The molecule has 6 rings (SSSR count). The molecule has 4 heterocycles. The monoisotopic (exact) mass is 480 g/mol. The SMILES string of the molecule is CC1=C(C(=O)Nc2ccccc2C)C(c2ccc3c(c2)OCCO3)n2nc(-c3ccncc3)nc2N1. The molecule has 180 valence electrons. The van der Waals surface area contributed by atoms with Crippen LogP contribution in [0.4, 0.5) is 11.6 Å². The average molecular weight is 481 g/mol. The van der Waals surface area contributed by atoms with Crippen LogP contribution in [0.5, 0.6) is 11.5 Å². The lowest BCUT2D eigenvalue weighted by molar-refractivity contribution is -0.113. The van der Waals surface area contributed by atoms with E-state index < -0.39 is 6.04 Å². The van der Waals surface area contributed by atoms with Crippen molar-refractivity contribution in [1.29, 1.82) is 0 Å². The molecule has 2 aliphatic rings. The number of fused-ring (bicyclic) bond motifs is 2. The van der Waals surface area contributed by atoms with Crippen LogP contribution in [0.2, 0.25) is 0 Å². The van der Waals surface area contributed by atoms with Gasteiger partial charge in [0.15, 0.2) is 17.3 Å². The molecule has 0 bridgehead atoms. The van der Waals surface area contributed by atoms with E-state index in [1.807, 2.05) is 68.4 Å². The van der Waals surface area contributed by atoms with Crippen LogP contribution in [0.15, 0.2) is 78.3 Å². The highest BCUT2D eigenvalue weighted by atomic mass is 16.6. The molecule has 0 fully saturated rings. The molecule has 1 unspecified atom stereocenters. The number of carbonyl (C=O) groups excluding carboxylic acids is 1. The molecule has 9 heteroatoms. The number of amides is 1. The summed E-state index contributed by atoms with van der Waals surface area (Å²) in [5.74, 6) is 2.19. The number of hydrogen-bond acceptors (Lipinski definition) is 7. The third-order valence-electron chi connectivity index (χ3n) is 6.31. The number of nitrogens with one attached hydrogen (secondary N) is 2. The Balaban J connectivity index is 1.47. The molecule has 36 heavy (non-hydrogen) atoms. The molecule has 4 aromatic rings. The van der Waals surface area contributed by atoms with Crippen molar-refractivity contribution in [3.8, 4) is 22.9 Å². The normalized spacial score (nSPS) is 16.2. The maximum Gasteiger partial charge on any atom is 0.255 e. The summed E-state index contributed by atoms with van der Waals surface area (Å²) in [6, 6.07) is 16.6. The molecule has 2 aromatic heterocycles. The molecule has 0 saturated heterocycles. The molecule has 2 aromatic carbocycles. The number of aromatic nitrogens is 4. The van der Waals surface area contributed by atoms with E-state index in [1.165, 1.54) is 0 Å². The van der Waals surface area contributed by atoms with Gasteiger partial charge < -0.3 is 20.1 Å². The summed E-state index contributed by atoms with van der Waals surface area (Å²) in [4.78, 5) is 22.6. The van der Waals surface area contributed by atoms with E-state index >= 15 is 0 Å². The van der Waals surface area contributed by atoms with Crippen LogP contribution in [-0.2, 0) is 4.79 Å². The third kappa shape index (κ3) is 3.84. The topological polar surface area (TPSA) is 103 Å². The van der Waals surface area contributed by atoms with E-state index in [0.717, 1.165) is 22.4 Å². The highest BCUT2D eigenvalue weighted by Crippen LogP contribution is 2.40. The number of rotatable bonds is 4. The Morgan fingerprint density at radius 3 is 2.61 bits per heavy atom. The summed E-state index contributed by atoms with van der Waals surface area (Å²) >= 11 is 0. The van der Waals surface area contributed by atoms with E-state index in [-0.39, 0.29) is 5.91 Å². The number of para-hydroxylation sites is 1. The van der Waals surface area contributed by atoms with Gasteiger partial charge in [0.05, 0.1) is 5.57 Å². The second-order valence-corrected chi connectivity index (χ2v) is 8.68. The second kappa shape index (κ2) is 8.84. The number of pyridine rings is 1. The first kappa shape index (κ1) is 21.8. The van der Waals surface area contributed by atoms with Crippen molar-refractivity contribution in [1.82, 2.24) is 19.7 Å². The smallest absolute Gasteiger partial charge is 0.255 e. The van der Waals surface area contributed by atoms with Crippen molar-refractivity contribution in [2.75, 3.05) is 23.8 Å². The Morgan fingerprint density at radius 2 is 1.81 bits per heavy atom. The van der Waals surface area contributed by atoms with E-state index in [0.29, 0.717) is 47.8 Å². The minimum atomic E-state index is -0.538. The number of hydrogen-bond donors (Lipinski definition) is 2. The Labute approximate surface area is 207 Å². The van der Waals surface area contributed by atoms with Crippen LogP contribution in [0.1, 0.15) is 24.1 Å². The molecule has 1 atom stereocenters. The van der Waals surface area contributed by atoms with Crippen molar-refractivity contribution in [3.63, 3.8) is 0 Å². The van der Waals surface area contributed by atoms with Crippen LogP contribution < -0.4 is 20.1 Å². The zero-order chi connectivity index (χ0) is 24.6. The van der Waals surface area contributed by atoms with Crippen molar-refractivity contribution >= 4 is 17.5 Å². The minimum Gasteiger partial charge on any atom is -0.486 e. The molecule has 2 aliphatic heterocycles. The highest BCUT2D eigenvalue weighted by molar-refractivity contribution is 6.06. The first-order chi connectivity index (χ1) is 17.6. The predicted octanol–water partition coefficient (Wildman–Crippen LogP) is 4.35. The van der Waals surface area contributed by atoms with E-state index in [1.54, 1.807) is 17.1 Å². The molecule has 1 amide bonds. The standard InChI is InChI=1S/C27H24N6O3/c1-16-5-3-4-6-20(16)30-26(34)23-17(2)29-27-31-25(18-9-11-28-12-10-18)32-33(27)24(23)19-7-8-21-22(15-19)36-14-13-35-21/h3-12,15,24H,13-14H2,1-2H3,(H,30,34)(H,29,31,32). The lowest BCUT2D eigenvalue weighted by Crippen LogP contribution is -2.31. The molecular formula is C27H24N6O3. The van der Waals surface area contributed by atoms with Crippen LogP contribution in [-0.4, -0.2) is 38.9 Å². The average Bonchev–Trinajstić information content (AvgIpc) is 3.33. The fraction of sp³-hybridized carbons (Fsp3) is 0.185. The predicted molar refractivity (Wildman–Crippen MR) is 135 cm³/mol. The van der Waals surface area contributed by atoms with Crippen molar-refractivity contribution in [2.24, 2.45) is 0 Å². The first-order valence-corrected chi connectivity index (χ1v) is 11.7. The summed E-state index contributed by atoms with van der Waals surface area (Å²) in [6.07, 6.45) is 3.40. The maximum atomic E-state index is 13.8. The Kier molecular flexibility index (Phi) is 5.37. The van der Waals surface area contributed by atoms with E-state index in [4.69, 9.17) is 19.6 Å². The largest absolute Gasteiger partial charge is 0.486 e. The van der Waals surface area contributed by atoms with Gasteiger partial charge in [0.25, 0.3) is 5.91 Å². The summed E-state index contributed by atoms with van der Waals surface area (Å²) in [6.45, 7) is 4.82. The van der Waals surface area contributed by atoms with Gasteiger partial charge in [0.1, 0.15) is 19.3 Å². The Hall–Kier alpha value is -4.66. The fourth-order valence-corrected chi connectivity index (χ4v) is 4.51.